The van der Waals surface area contributed by atoms with Gasteiger partial charge in [-0.1, -0.05) is 35.0 Å². The van der Waals surface area contributed by atoms with Crippen LogP contribution in [0.4, 0.5) is 5.82 Å². The lowest BCUT2D eigenvalue weighted by Crippen LogP contribution is -2.31. The van der Waals surface area contributed by atoms with Crippen molar-refractivity contribution in [1.29, 1.82) is 0 Å². The van der Waals surface area contributed by atoms with Crippen LogP contribution in [-0.2, 0) is 10.2 Å². The zero-order valence-corrected chi connectivity index (χ0v) is 19.4. The molecule has 12 heteroatoms. The molecule has 170 valence electrons. The van der Waals surface area contributed by atoms with Crippen LogP contribution in [0.3, 0.4) is 0 Å². The number of ether oxygens (including phenoxy) is 2. The summed E-state index contributed by atoms with van der Waals surface area (Å²) < 4.78 is 87.5. The first kappa shape index (κ1) is 16.8. The van der Waals surface area contributed by atoms with Gasteiger partial charge in [0, 0.05) is 28.8 Å². The highest BCUT2D eigenvalue weighted by Crippen LogP contribution is 2.34. The number of anilines is 1. The lowest BCUT2D eigenvalue weighted by Gasteiger charge is -2.15. The van der Waals surface area contributed by atoms with Crippen LogP contribution >= 0.6 is 15.9 Å². The molecule has 0 spiro atoms. The van der Waals surface area contributed by atoms with E-state index in [-0.39, 0.29) is 23.3 Å². The molecule has 0 atom stereocenters. The standard InChI is InChI=1S/C20H23BrN6O4S/c1-3-8-26-32(28,29)27-18-17(15-4-6-16(21)7-5-15)19(25-13-24-18)30-9-10-31-20-22-11-14(2)12-23-20/h4-7,11-13,26H,3,8-10H2,1-2H3,(H,24,25,27)/i3D2,8D2,10D2. The molecular weight excluding hydrogens is 500 g/mol. The molecule has 32 heavy (non-hydrogen) atoms. The highest BCUT2D eigenvalue weighted by molar-refractivity contribution is 9.10. The minimum Gasteiger partial charge on any atom is -0.473 e. The molecule has 0 aliphatic heterocycles. The Morgan fingerprint density at radius 2 is 1.81 bits per heavy atom. The van der Waals surface area contributed by atoms with Crippen LogP contribution in [0.5, 0.6) is 11.9 Å². The molecule has 10 nitrogen and oxygen atoms in total. The molecule has 2 N–H and O–H groups in total. The number of nitrogens with one attached hydrogen (secondary N) is 2. The first-order chi connectivity index (χ1) is 17.5. The summed E-state index contributed by atoms with van der Waals surface area (Å²) in [5.41, 5.74) is 1.13. The SMILES string of the molecule is [2H]C([2H])(COc1ncnc(NS(=O)(=O)NC([2H])([2H])C([2H])([2H])C)c1-c1ccc(Br)cc1)Oc1ncc(C)cn1. The van der Waals surface area contributed by atoms with Crippen molar-refractivity contribution in [2.24, 2.45) is 0 Å². The van der Waals surface area contributed by atoms with Crippen molar-refractivity contribution in [2.45, 2.75) is 20.2 Å². The number of hydrogen-bond acceptors (Lipinski definition) is 8. The monoisotopic (exact) mass is 528 g/mol. The number of benzene rings is 1. The Labute approximate surface area is 203 Å². The lowest BCUT2D eigenvalue weighted by atomic mass is 10.1. The van der Waals surface area contributed by atoms with E-state index in [9.17, 15) is 8.42 Å². The molecule has 3 aromatic rings. The van der Waals surface area contributed by atoms with Crippen molar-refractivity contribution in [3.63, 3.8) is 0 Å². The molecule has 0 aliphatic rings. The summed E-state index contributed by atoms with van der Waals surface area (Å²) in [4.78, 5) is 15.7. The van der Waals surface area contributed by atoms with Gasteiger partial charge in [-0.25, -0.2) is 19.9 Å². The zero-order valence-electron chi connectivity index (χ0n) is 23.0. The predicted molar refractivity (Wildman–Crippen MR) is 124 cm³/mol. The number of rotatable bonds is 11. The van der Waals surface area contributed by atoms with E-state index in [4.69, 9.17) is 17.7 Å². The second kappa shape index (κ2) is 11.2. The molecule has 0 saturated heterocycles. The Morgan fingerprint density at radius 1 is 1.09 bits per heavy atom. The maximum Gasteiger partial charge on any atom is 0.316 e. The molecule has 0 saturated carbocycles. The molecule has 0 amide bonds. The van der Waals surface area contributed by atoms with Gasteiger partial charge in [0.25, 0.3) is 10.2 Å². The first-order valence-electron chi connectivity index (χ1n) is 12.0. The van der Waals surface area contributed by atoms with Crippen LogP contribution in [0, 0.1) is 6.92 Å². The molecule has 2 aromatic heterocycles. The maximum absolute atomic E-state index is 12.7. The quantitative estimate of drug-likeness (QED) is 0.388. The highest BCUT2D eigenvalue weighted by atomic mass is 79.9. The van der Waals surface area contributed by atoms with Gasteiger partial charge in [0.2, 0.25) is 5.88 Å². The molecule has 2 heterocycles. The molecule has 0 radical (unpaired) electrons. The van der Waals surface area contributed by atoms with E-state index >= 15 is 0 Å². The zero-order chi connectivity index (χ0) is 28.4. The van der Waals surface area contributed by atoms with Crippen molar-refractivity contribution in [1.82, 2.24) is 24.7 Å². The molecule has 0 unspecified atom stereocenters. The summed E-state index contributed by atoms with van der Waals surface area (Å²) in [6.45, 7) is -3.44. The largest absolute Gasteiger partial charge is 0.473 e. The van der Waals surface area contributed by atoms with Crippen LogP contribution in [0.1, 0.15) is 27.1 Å². The van der Waals surface area contributed by atoms with Crippen molar-refractivity contribution in [3.05, 3.63) is 53.0 Å². The van der Waals surface area contributed by atoms with Crippen LogP contribution < -0.4 is 18.9 Å². The first-order valence-corrected chi connectivity index (χ1v) is 11.3. The molecule has 3 rings (SSSR count). The van der Waals surface area contributed by atoms with E-state index in [1.807, 2.05) is 0 Å². The van der Waals surface area contributed by atoms with Crippen LogP contribution in [-0.4, -0.2) is 48.0 Å². The molecule has 1 aromatic carbocycles. The topological polar surface area (TPSA) is 128 Å². The summed E-state index contributed by atoms with van der Waals surface area (Å²) >= 11 is 3.31. The van der Waals surface area contributed by atoms with Crippen LogP contribution in [0.15, 0.2) is 47.5 Å². The molecule has 0 bridgehead atoms. The third kappa shape index (κ3) is 6.84. The Balaban J connectivity index is 1.93. The Hall–Kier alpha value is -2.83. The van der Waals surface area contributed by atoms with E-state index in [1.54, 1.807) is 35.9 Å². The summed E-state index contributed by atoms with van der Waals surface area (Å²) in [6, 6.07) is 6.28. The molecular formula is C20H23BrN6O4S. The highest BCUT2D eigenvalue weighted by Gasteiger charge is 2.19. The minimum absolute atomic E-state index is 0.00725. The van der Waals surface area contributed by atoms with Crippen molar-refractivity contribution >= 4 is 32.0 Å². The van der Waals surface area contributed by atoms with E-state index in [1.165, 1.54) is 12.4 Å². The van der Waals surface area contributed by atoms with Gasteiger partial charge < -0.3 is 9.47 Å². The van der Waals surface area contributed by atoms with Crippen LogP contribution in [0.2, 0.25) is 0 Å². The Bertz CT molecular complexity index is 1380. The molecule has 0 aliphatic carbocycles. The summed E-state index contributed by atoms with van der Waals surface area (Å²) in [5, 5.41) is 0. The fourth-order valence-corrected chi connectivity index (χ4v) is 3.29. The van der Waals surface area contributed by atoms with Gasteiger partial charge in [-0.2, -0.15) is 13.1 Å². The number of nitrogens with zero attached hydrogens (tertiary/aromatic N) is 4. The Kier molecular flexibility index (Phi) is 5.84. The van der Waals surface area contributed by atoms with E-state index in [2.05, 4.69) is 40.6 Å². The average molecular weight is 529 g/mol. The van der Waals surface area contributed by atoms with Gasteiger partial charge in [-0.05, 0) is 36.6 Å². The lowest BCUT2D eigenvalue weighted by molar-refractivity contribution is 0.202. The summed E-state index contributed by atoms with van der Waals surface area (Å²) in [7, 11) is -4.70. The number of aromatic nitrogens is 4. The maximum atomic E-state index is 12.7. The van der Waals surface area contributed by atoms with Crippen molar-refractivity contribution in [3.8, 4) is 23.0 Å². The number of hydrogen-bond donors (Lipinski definition) is 2. The van der Waals surface area contributed by atoms with E-state index in [0.29, 0.717) is 10.0 Å². The van der Waals surface area contributed by atoms with Crippen LogP contribution in [0.25, 0.3) is 11.1 Å². The van der Waals surface area contributed by atoms with Crippen molar-refractivity contribution < 1.29 is 26.1 Å². The third-order valence-electron chi connectivity index (χ3n) is 3.68. The normalized spacial score (nSPS) is 15.3. The fourth-order valence-electron chi connectivity index (χ4n) is 2.33. The van der Waals surface area contributed by atoms with Crippen molar-refractivity contribution in [2.75, 3.05) is 24.4 Å². The van der Waals surface area contributed by atoms with Gasteiger partial charge in [-0.15, -0.1) is 0 Å². The second-order valence-electron chi connectivity index (χ2n) is 6.07. The van der Waals surface area contributed by atoms with Gasteiger partial charge in [0.05, 0.1) is 8.30 Å². The average Bonchev–Trinajstić information content (AvgIpc) is 2.78. The van der Waals surface area contributed by atoms with Gasteiger partial charge >= 0.3 is 6.01 Å². The Morgan fingerprint density at radius 3 is 2.50 bits per heavy atom. The number of aryl methyl sites for hydroxylation is 1. The van der Waals surface area contributed by atoms with E-state index in [0.717, 1.165) is 18.8 Å². The minimum atomic E-state index is -4.70. The smallest absolute Gasteiger partial charge is 0.316 e. The van der Waals surface area contributed by atoms with Gasteiger partial charge in [0.15, 0.2) is 5.82 Å². The molecule has 0 fully saturated rings. The van der Waals surface area contributed by atoms with E-state index < -0.39 is 36.2 Å². The van der Waals surface area contributed by atoms with Gasteiger partial charge in [0.1, 0.15) is 19.5 Å². The number of halogens is 1. The third-order valence-corrected chi connectivity index (χ3v) is 5.04. The summed E-state index contributed by atoms with van der Waals surface area (Å²) in [5.74, 6) is -0.549. The summed E-state index contributed by atoms with van der Waals surface area (Å²) in [6.07, 6.45) is 1.31. The fraction of sp³-hybridized carbons (Fsp3) is 0.300. The predicted octanol–water partition coefficient (Wildman–Crippen LogP) is 3.12. The second-order valence-corrected chi connectivity index (χ2v) is 8.40. The van der Waals surface area contributed by atoms with Gasteiger partial charge in [-0.3, -0.25) is 4.72 Å².